The summed E-state index contributed by atoms with van der Waals surface area (Å²) in [5.41, 5.74) is 0.404. The van der Waals surface area contributed by atoms with Gasteiger partial charge in [-0.2, -0.15) is 0 Å². The van der Waals surface area contributed by atoms with Crippen molar-refractivity contribution in [2.75, 3.05) is 33.7 Å². The highest BCUT2D eigenvalue weighted by Crippen LogP contribution is 2.20. The number of carbonyl (C=O) groups is 1. The Morgan fingerprint density at radius 2 is 2.10 bits per heavy atom. The Labute approximate surface area is 127 Å². The normalized spacial score (nSPS) is 17.2. The third kappa shape index (κ3) is 3.79. The Hall–Kier alpha value is -0.940. The summed E-state index contributed by atoms with van der Waals surface area (Å²) in [7, 11) is 3.91. The second kappa shape index (κ2) is 6.68. The summed E-state index contributed by atoms with van der Waals surface area (Å²) in [6.45, 7) is 2.91. The van der Waals surface area contributed by atoms with Gasteiger partial charge in [0.15, 0.2) is 0 Å². The number of piperidine rings is 1. The molecular weight excluding hydrogens is 323 g/mol. The van der Waals surface area contributed by atoms with Crippen LogP contribution in [-0.4, -0.2) is 49.4 Å². The van der Waals surface area contributed by atoms with E-state index in [0.29, 0.717) is 16.0 Å². The number of hydrogen-bond donors (Lipinski definition) is 0. The van der Waals surface area contributed by atoms with Gasteiger partial charge in [0.1, 0.15) is 5.82 Å². The minimum absolute atomic E-state index is 0.115. The highest BCUT2D eigenvalue weighted by Gasteiger charge is 2.21. The number of hydrogen-bond acceptors (Lipinski definition) is 2. The SMILES string of the molecule is CN1CCC(CN(C)C(=O)c2ccc(Br)c(F)c2)CC1. The van der Waals surface area contributed by atoms with Crippen LogP contribution in [0.15, 0.2) is 22.7 Å². The molecule has 1 aromatic rings. The molecule has 1 fully saturated rings. The lowest BCUT2D eigenvalue weighted by molar-refractivity contribution is 0.0746. The lowest BCUT2D eigenvalue weighted by atomic mass is 9.96. The van der Waals surface area contributed by atoms with Crippen LogP contribution in [0.5, 0.6) is 0 Å². The summed E-state index contributed by atoms with van der Waals surface area (Å²) in [5.74, 6) is 0.0271. The maximum absolute atomic E-state index is 13.5. The van der Waals surface area contributed by atoms with Crippen molar-refractivity contribution in [1.82, 2.24) is 9.80 Å². The first-order chi connectivity index (χ1) is 9.47. The molecule has 1 aromatic carbocycles. The van der Waals surface area contributed by atoms with E-state index in [1.807, 2.05) is 0 Å². The van der Waals surface area contributed by atoms with Crippen LogP contribution in [0.4, 0.5) is 4.39 Å². The molecule has 1 saturated heterocycles. The molecule has 0 N–H and O–H groups in total. The average molecular weight is 343 g/mol. The van der Waals surface area contributed by atoms with Gasteiger partial charge in [-0.15, -0.1) is 0 Å². The van der Waals surface area contributed by atoms with Crippen LogP contribution in [0.1, 0.15) is 23.2 Å². The molecule has 0 saturated carbocycles. The number of benzene rings is 1. The summed E-state index contributed by atoms with van der Waals surface area (Å²) in [6.07, 6.45) is 2.23. The van der Waals surface area contributed by atoms with Crippen LogP contribution in [0.2, 0.25) is 0 Å². The molecule has 1 aliphatic rings. The Morgan fingerprint density at radius 3 is 2.70 bits per heavy atom. The van der Waals surface area contributed by atoms with E-state index >= 15 is 0 Å². The first kappa shape index (κ1) is 15.4. The van der Waals surface area contributed by atoms with Crippen molar-refractivity contribution in [3.63, 3.8) is 0 Å². The smallest absolute Gasteiger partial charge is 0.253 e. The van der Waals surface area contributed by atoms with Gasteiger partial charge in [-0.05, 0) is 73.0 Å². The molecule has 1 heterocycles. The van der Waals surface area contributed by atoms with Gasteiger partial charge >= 0.3 is 0 Å². The van der Waals surface area contributed by atoms with Crippen molar-refractivity contribution < 1.29 is 9.18 Å². The first-order valence-electron chi connectivity index (χ1n) is 6.86. The number of amides is 1. The fourth-order valence-electron chi connectivity index (χ4n) is 2.56. The first-order valence-corrected chi connectivity index (χ1v) is 7.65. The third-order valence-corrected chi connectivity index (χ3v) is 4.53. The molecule has 110 valence electrons. The van der Waals surface area contributed by atoms with E-state index in [4.69, 9.17) is 0 Å². The molecule has 1 amide bonds. The molecule has 1 aliphatic heterocycles. The quantitative estimate of drug-likeness (QED) is 0.842. The Morgan fingerprint density at radius 1 is 1.45 bits per heavy atom. The van der Waals surface area contributed by atoms with E-state index in [2.05, 4.69) is 27.9 Å². The van der Waals surface area contributed by atoms with Gasteiger partial charge < -0.3 is 9.80 Å². The van der Waals surface area contributed by atoms with Gasteiger partial charge in [-0.1, -0.05) is 0 Å². The zero-order valence-corrected chi connectivity index (χ0v) is 13.5. The Bertz CT molecular complexity index is 487. The Kier molecular flexibility index (Phi) is 5.16. The van der Waals surface area contributed by atoms with E-state index in [0.717, 1.165) is 32.5 Å². The lowest BCUT2D eigenvalue weighted by Gasteiger charge is -2.31. The number of halogens is 2. The molecule has 0 aliphatic carbocycles. The number of carbonyl (C=O) groups excluding carboxylic acids is 1. The zero-order chi connectivity index (χ0) is 14.7. The van der Waals surface area contributed by atoms with Crippen molar-refractivity contribution in [2.24, 2.45) is 5.92 Å². The molecule has 0 aromatic heterocycles. The summed E-state index contributed by atoms with van der Waals surface area (Å²) >= 11 is 3.10. The van der Waals surface area contributed by atoms with Crippen molar-refractivity contribution in [3.05, 3.63) is 34.1 Å². The Balaban J connectivity index is 1.96. The van der Waals surface area contributed by atoms with Crippen molar-refractivity contribution in [1.29, 1.82) is 0 Å². The van der Waals surface area contributed by atoms with Gasteiger partial charge in [-0.25, -0.2) is 4.39 Å². The average Bonchev–Trinajstić information content (AvgIpc) is 2.43. The fourth-order valence-corrected chi connectivity index (χ4v) is 2.81. The van der Waals surface area contributed by atoms with Crippen molar-refractivity contribution in [2.45, 2.75) is 12.8 Å². The molecule has 0 unspecified atom stereocenters. The van der Waals surface area contributed by atoms with Gasteiger partial charge in [0, 0.05) is 19.2 Å². The number of nitrogens with zero attached hydrogens (tertiary/aromatic N) is 2. The third-order valence-electron chi connectivity index (χ3n) is 3.88. The fraction of sp³-hybridized carbons (Fsp3) is 0.533. The molecule has 0 atom stereocenters. The molecule has 0 bridgehead atoms. The van der Waals surface area contributed by atoms with Crippen molar-refractivity contribution >= 4 is 21.8 Å². The van der Waals surface area contributed by atoms with Crippen molar-refractivity contribution in [3.8, 4) is 0 Å². The lowest BCUT2D eigenvalue weighted by Crippen LogP contribution is -2.38. The van der Waals surface area contributed by atoms with Crippen LogP contribution < -0.4 is 0 Å². The van der Waals surface area contributed by atoms with Crippen LogP contribution in [0.25, 0.3) is 0 Å². The maximum atomic E-state index is 13.5. The van der Waals surface area contributed by atoms with Crippen LogP contribution in [-0.2, 0) is 0 Å². The van der Waals surface area contributed by atoms with Crippen LogP contribution in [0.3, 0.4) is 0 Å². The molecule has 2 rings (SSSR count). The highest BCUT2D eigenvalue weighted by molar-refractivity contribution is 9.10. The summed E-state index contributed by atoms with van der Waals surface area (Å²) in [6, 6.07) is 4.52. The monoisotopic (exact) mass is 342 g/mol. The molecular formula is C15H20BrFN2O. The van der Waals surface area contributed by atoms with Gasteiger partial charge in [0.25, 0.3) is 5.91 Å². The van der Waals surface area contributed by atoms with E-state index in [1.54, 1.807) is 24.1 Å². The van der Waals surface area contributed by atoms with E-state index in [1.165, 1.54) is 6.07 Å². The minimum Gasteiger partial charge on any atom is -0.341 e. The van der Waals surface area contributed by atoms with Gasteiger partial charge in [0.2, 0.25) is 0 Å². The van der Waals surface area contributed by atoms with Gasteiger partial charge in [0.05, 0.1) is 4.47 Å². The largest absolute Gasteiger partial charge is 0.341 e. The second-order valence-corrected chi connectivity index (χ2v) is 6.42. The number of likely N-dealkylation sites (tertiary alicyclic amines) is 1. The summed E-state index contributed by atoms with van der Waals surface area (Å²) in [5, 5.41) is 0. The standard InChI is InChI=1S/C15H20BrFN2O/c1-18-7-5-11(6-8-18)10-19(2)15(20)12-3-4-13(16)14(17)9-12/h3-4,9,11H,5-8,10H2,1-2H3. The maximum Gasteiger partial charge on any atom is 0.253 e. The topological polar surface area (TPSA) is 23.6 Å². The van der Waals surface area contributed by atoms with Gasteiger partial charge in [-0.3, -0.25) is 4.79 Å². The second-order valence-electron chi connectivity index (χ2n) is 5.56. The molecule has 20 heavy (non-hydrogen) atoms. The molecule has 0 spiro atoms. The summed E-state index contributed by atoms with van der Waals surface area (Å²) < 4.78 is 13.9. The highest BCUT2D eigenvalue weighted by atomic mass is 79.9. The number of rotatable bonds is 3. The molecule has 0 radical (unpaired) electrons. The summed E-state index contributed by atoms with van der Waals surface area (Å²) in [4.78, 5) is 16.3. The minimum atomic E-state index is -0.399. The van der Waals surface area contributed by atoms with E-state index in [-0.39, 0.29) is 5.91 Å². The van der Waals surface area contributed by atoms with Crippen LogP contribution >= 0.6 is 15.9 Å². The zero-order valence-electron chi connectivity index (χ0n) is 11.9. The predicted molar refractivity (Wildman–Crippen MR) is 81.3 cm³/mol. The van der Waals surface area contributed by atoms with E-state index in [9.17, 15) is 9.18 Å². The van der Waals surface area contributed by atoms with Crippen LogP contribution in [0, 0.1) is 11.7 Å². The molecule has 3 nitrogen and oxygen atoms in total. The predicted octanol–water partition coefficient (Wildman–Crippen LogP) is 3.00. The van der Waals surface area contributed by atoms with E-state index < -0.39 is 5.82 Å². The molecule has 5 heteroatoms.